The fraction of sp³-hybridized carbons (Fsp3) is 0.920. The van der Waals surface area contributed by atoms with Crippen LogP contribution in [0.3, 0.4) is 0 Å². The molecule has 3 rings (SSSR count). The van der Waals surface area contributed by atoms with Gasteiger partial charge < -0.3 is 9.84 Å². The minimum atomic E-state index is -0.241. The minimum absolute atomic E-state index is 0.112. The highest BCUT2D eigenvalue weighted by molar-refractivity contribution is 5.82. The van der Waals surface area contributed by atoms with Crippen LogP contribution >= 0.6 is 0 Å². The van der Waals surface area contributed by atoms with Gasteiger partial charge in [-0.3, -0.25) is 9.59 Å². The minimum Gasteiger partial charge on any atom is -0.469 e. The Labute approximate surface area is 177 Å². The molecule has 0 aromatic rings. The second kappa shape index (κ2) is 9.49. The summed E-state index contributed by atoms with van der Waals surface area (Å²) in [5.74, 6) is 2.93. The number of methoxy groups -OCH3 is 1. The Morgan fingerprint density at radius 1 is 1.24 bits per heavy atom. The summed E-state index contributed by atoms with van der Waals surface area (Å²) in [5, 5.41) is 10.2. The summed E-state index contributed by atoms with van der Waals surface area (Å²) in [6, 6.07) is 0. The average molecular weight is 407 g/mol. The standard InChI is InChI=1S/C25H42O4/c1-16-14-19(26)7-5-6-18-12-13-25(3)20(17(2)8-11-23(28)29-4)9-10-21(25)24(18)22(27)15-16/h16-21,24,26H,5-15H2,1-4H3/t16-,17+,18-,19+,20+,21-,24+,25+/m0/s1. The van der Waals surface area contributed by atoms with Crippen LogP contribution in [0.5, 0.6) is 0 Å². The molecule has 0 saturated heterocycles. The molecular weight excluding hydrogens is 364 g/mol. The van der Waals surface area contributed by atoms with E-state index >= 15 is 0 Å². The molecule has 4 heteroatoms. The lowest BCUT2D eigenvalue weighted by molar-refractivity contribution is -0.141. The maximum atomic E-state index is 13.5. The zero-order valence-electron chi connectivity index (χ0n) is 19.0. The summed E-state index contributed by atoms with van der Waals surface area (Å²) >= 11 is 0. The lowest BCUT2D eigenvalue weighted by atomic mass is 9.54. The number of carbonyl (C=O) groups is 2. The van der Waals surface area contributed by atoms with Crippen molar-refractivity contribution in [2.45, 2.75) is 97.5 Å². The number of ether oxygens (including phenoxy) is 1. The van der Waals surface area contributed by atoms with Crippen molar-refractivity contribution >= 4 is 11.8 Å². The van der Waals surface area contributed by atoms with Crippen molar-refractivity contribution in [1.29, 1.82) is 0 Å². The smallest absolute Gasteiger partial charge is 0.305 e. The van der Waals surface area contributed by atoms with Gasteiger partial charge in [-0.25, -0.2) is 0 Å². The van der Waals surface area contributed by atoms with E-state index in [1.165, 1.54) is 20.0 Å². The van der Waals surface area contributed by atoms with E-state index in [0.717, 1.165) is 44.9 Å². The van der Waals surface area contributed by atoms with E-state index in [2.05, 4.69) is 20.8 Å². The number of fused-ring (bicyclic) bond motifs is 3. The van der Waals surface area contributed by atoms with Gasteiger partial charge in [-0.05, 0) is 86.4 Å². The molecule has 3 saturated carbocycles. The van der Waals surface area contributed by atoms with Crippen LogP contribution in [-0.2, 0) is 14.3 Å². The molecule has 0 bridgehead atoms. The van der Waals surface area contributed by atoms with Crippen LogP contribution in [0, 0.1) is 40.9 Å². The summed E-state index contributed by atoms with van der Waals surface area (Å²) in [6.07, 6.45) is 10.3. The topological polar surface area (TPSA) is 63.6 Å². The summed E-state index contributed by atoms with van der Waals surface area (Å²) < 4.78 is 4.84. The molecule has 0 aromatic heterocycles. The number of esters is 1. The van der Waals surface area contributed by atoms with Gasteiger partial charge in [0.15, 0.2) is 0 Å². The lowest BCUT2D eigenvalue weighted by Gasteiger charge is -2.50. The van der Waals surface area contributed by atoms with Crippen LogP contribution in [0.4, 0.5) is 0 Å². The highest BCUT2D eigenvalue weighted by atomic mass is 16.5. The number of Topliss-reactive ketones (excluding diaryl/α,β-unsaturated/α-hetero) is 1. The predicted molar refractivity (Wildman–Crippen MR) is 114 cm³/mol. The SMILES string of the molecule is COC(=O)CC[C@@H](C)[C@H]1CC[C@H]2[C@@H]3C(=O)C[C@@H](C)C[C@H](O)CCC[C@H]3CC[C@]12C. The molecule has 0 spiro atoms. The second-order valence-electron chi connectivity index (χ2n) is 10.8. The molecule has 29 heavy (non-hydrogen) atoms. The molecule has 0 aliphatic heterocycles. The van der Waals surface area contributed by atoms with Crippen LogP contribution < -0.4 is 0 Å². The van der Waals surface area contributed by atoms with Gasteiger partial charge >= 0.3 is 5.97 Å². The number of aliphatic hydroxyl groups excluding tert-OH is 1. The van der Waals surface area contributed by atoms with Gasteiger partial charge in [0.25, 0.3) is 0 Å². The Morgan fingerprint density at radius 3 is 2.72 bits per heavy atom. The Kier molecular flexibility index (Phi) is 7.46. The first-order chi connectivity index (χ1) is 13.8. The number of rotatable bonds is 4. The Morgan fingerprint density at radius 2 is 2.00 bits per heavy atom. The number of hydrogen-bond acceptors (Lipinski definition) is 4. The van der Waals surface area contributed by atoms with Crippen molar-refractivity contribution < 1.29 is 19.4 Å². The van der Waals surface area contributed by atoms with Crippen molar-refractivity contribution in [3.05, 3.63) is 0 Å². The van der Waals surface area contributed by atoms with Crippen molar-refractivity contribution in [3.8, 4) is 0 Å². The highest BCUT2D eigenvalue weighted by Crippen LogP contribution is 2.62. The van der Waals surface area contributed by atoms with Crippen molar-refractivity contribution in [2.75, 3.05) is 7.11 Å². The summed E-state index contributed by atoms with van der Waals surface area (Å²) in [5.41, 5.74) is 0.221. The fourth-order valence-corrected chi connectivity index (χ4v) is 7.41. The quantitative estimate of drug-likeness (QED) is 0.655. The zero-order chi connectivity index (χ0) is 21.2. The Bertz CT molecular complexity index is 587. The van der Waals surface area contributed by atoms with E-state index in [1.807, 2.05) is 0 Å². The molecule has 166 valence electrons. The van der Waals surface area contributed by atoms with E-state index in [0.29, 0.717) is 42.3 Å². The summed E-state index contributed by atoms with van der Waals surface area (Å²) in [7, 11) is 1.46. The van der Waals surface area contributed by atoms with Crippen LogP contribution in [0.1, 0.15) is 91.4 Å². The number of hydrogen-bond donors (Lipinski definition) is 1. The Hall–Kier alpha value is -0.900. The maximum Gasteiger partial charge on any atom is 0.305 e. The molecule has 0 unspecified atom stereocenters. The van der Waals surface area contributed by atoms with E-state index in [1.54, 1.807) is 0 Å². The van der Waals surface area contributed by atoms with Gasteiger partial charge in [0.2, 0.25) is 0 Å². The third kappa shape index (κ3) is 4.89. The molecule has 0 heterocycles. The number of aliphatic hydroxyl groups is 1. The molecule has 3 aliphatic carbocycles. The zero-order valence-corrected chi connectivity index (χ0v) is 19.0. The third-order valence-corrected chi connectivity index (χ3v) is 8.90. The maximum absolute atomic E-state index is 13.5. The molecule has 0 amide bonds. The largest absolute Gasteiger partial charge is 0.469 e. The van der Waals surface area contributed by atoms with Crippen LogP contribution in [0.25, 0.3) is 0 Å². The summed E-state index contributed by atoms with van der Waals surface area (Å²) in [4.78, 5) is 25.1. The molecule has 3 aliphatic rings. The molecule has 1 N–H and O–H groups in total. The summed E-state index contributed by atoms with van der Waals surface area (Å²) in [6.45, 7) is 6.87. The van der Waals surface area contributed by atoms with E-state index in [9.17, 15) is 14.7 Å². The lowest BCUT2D eigenvalue weighted by Crippen LogP contribution is -2.46. The normalized spacial score (nSPS) is 41.9. The van der Waals surface area contributed by atoms with Crippen molar-refractivity contribution in [2.24, 2.45) is 40.9 Å². The van der Waals surface area contributed by atoms with Gasteiger partial charge in [-0.2, -0.15) is 0 Å². The molecule has 4 nitrogen and oxygen atoms in total. The third-order valence-electron chi connectivity index (χ3n) is 8.90. The second-order valence-corrected chi connectivity index (χ2v) is 10.8. The molecule has 0 radical (unpaired) electrons. The monoisotopic (exact) mass is 406 g/mol. The van der Waals surface area contributed by atoms with Crippen LogP contribution in [-0.4, -0.2) is 30.1 Å². The number of carbonyl (C=O) groups excluding carboxylic acids is 2. The highest BCUT2D eigenvalue weighted by Gasteiger charge is 2.56. The molecule has 0 aromatic carbocycles. The Balaban J connectivity index is 1.75. The van der Waals surface area contributed by atoms with Crippen molar-refractivity contribution in [3.63, 3.8) is 0 Å². The van der Waals surface area contributed by atoms with Gasteiger partial charge in [0, 0.05) is 18.8 Å². The fourth-order valence-electron chi connectivity index (χ4n) is 7.41. The molecule has 8 atom stereocenters. The number of ketones is 1. The first-order valence-corrected chi connectivity index (χ1v) is 12.0. The van der Waals surface area contributed by atoms with Gasteiger partial charge in [0.1, 0.15) is 5.78 Å². The van der Waals surface area contributed by atoms with E-state index < -0.39 is 0 Å². The first-order valence-electron chi connectivity index (χ1n) is 12.0. The average Bonchev–Trinajstić information content (AvgIpc) is 3.02. The van der Waals surface area contributed by atoms with E-state index in [4.69, 9.17) is 4.74 Å². The van der Waals surface area contributed by atoms with Crippen LogP contribution in [0.15, 0.2) is 0 Å². The van der Waals surface area contributed by atoms with E-state index in [-0.39, 0.29) is 29.3 Å². The predicted octanol–water partition coefficient (Wildman–Crippen LogP) is 5.16. The van der Waals surface area contributed by atoms with Gasteiger partial charge in [-0.15, -0.1) is 0 Å². The molecular formula is C25H42O4. The first kappa shape index (κ1) is 22.8. The van der Waals surface area contributed by atoms with Gasteiger partial charge in [-0.1, -0.05) is 27.2 Å². The van der Waals surface area contributed by atoms with Gasteiger partial charge in [0.05, 0.1) is 13.2 Å². The van der Waals surface area contributed by atoms with Crippen molar-refractivity contribution in [1.82, 2.24) is 0 Å². The molecule has 3 fully saturated rings. The van der Waals surface area contributed by atoms with Crippen LogP contribution in [0.2, 0.25) is 0 Å².